The summed E-state index contributed by atoms with van der Waals surface area (Å²) in [5.41, 5.74) is 1.11. The van der Waals surface area contributed by atoms with E-state index < -0.39 is 0 Å². The fourth-order valence-electron chi connectivity index (χ4n) is 1.81. The second-order valence-electron chi connectivity index (χ2n) is 4.48. The van der Waals surface area contributed by atoms with Crippen molar-refractivity contribution in [2.75, 3.05) is 18.6 Å². The average molecular weight is 296 g/mol. The molecular formula is C13H18ClN5O. The van der Waals surface area contributed by atoms with Gasteiger partial charge in [-0.25, -0.2) is 9.97 Å². The summed E-state index contributed by atoms with van der Waals surface area (Å²) in [5, 5.41) is 4.57. The van der Waals surface area contributed by atoms with Crippen molar-refractivity contribution in [1.82, 2.24) is 19.7 Å². The lowest BCUT2D eigenvalue weighted by molar-refractivity contribution is 0.128. The van der Waals surface area contributed by atoms with Crippen molar-refractivity contribution < 1.29 is 4.74 Å². The summed E-state index contributed by atoms with van der Waals surface area (Å²) in [6.07, 6.45) is 3.81. The standard InChI is InChI=1S/C13H18ClN5O/c1-4-20-9-12-16-11(14)5-13(17-12)18(2)7-10-6-15-19(3)8-10/h5-6,8H,4,7,9H2,1-3H3. The third kappa shape index (κ3) is 3.91. The number of aromatic nitrogens is 4. The van der Waals surface area contributed by atoms with Gasteiger partial charge in [-0.05, 0) is 6.92 Å². The molecule has 0 saturated carbocycles. The summed E-state index contributed by atoms with van der Waals surface area (Å²) in [6.45, 7) is 3.62. The molecule has 0 spiro atoms. The SMILES string of the molecule is CCOCc1nc(Cl)cc(N(C)Cc2cnn(C)c2)n1. The number of nitrogens with zero attached hydrogens (tertiary/aromatic N) is 5. The van der Waals surface area contributed by atoms with Crippen molar-refractivity contribution in [1.29, 1.82) is 0 Å². The van der Waals surface area contributed by atoms with E-state index in [-0.39, 0.29) is 0 Å². The molecule has 2 aromatic rings. The number of hydrogen-bond acceptors (Lipinski definition) is 5. The van der Waals surface area contributed by atoms with Crippen LogP contribution in [0.5, 0.6) is 0 Å². The van der Waals surface area contributed by atoms with Crippen LogP contribution in [0, 0.1) is 0 Å². The van der Waals surface area contributed by atoms with Gasteiger partial charge in [0.25, 0.3) is 0 Å². The molecule has 0 aliphatic carbocycles. The highest BCUT2D eigenvalue weighted by atomic mass is 35.5. The number of hydrogen-bond donors (Lipinski definition) is 0. The van der Waals surface area contributed by atoms with Crippen LogP contribution in [0.1, 0.15) is 18.3 Å². The smallest absolute Gasteiger partial charge is 0.158 e. The van der Waals surface area contributed by atoms with Gasteiger partial charge >= 0.3 is 0 Å². The summed E-state index contributed by atoms with van der Waals surface area (Å²) in [6, 6.07) is 1.74. The lowest BCUT2D eigenvalue weighted by Gasteiger charge is -2.18. The molecule has 0 atom stereocenters. The van der Waals surface area contributed by atoms with E-state index in [1.165, 1.54) is 0 Å². The van der Waals surface area contributed by atoms with Gasteiger partial charge < -0.3 is 9.64 Å². The first-order valence-corrected chi connectivity index (χ1v) is 6.76. The van der Waals surface area contributed by atoms with Gasteiger partial charge in [-0.1, -0.05) is 11.6 Å². The summed E-state index contributed by atoms with van der Waals surface area (Å²) in [4.78, 5) is 10.6. The van der Waals surface area contributed by atoms with Crippen molar-refractivity contribution in [3.63, 3.8) is 0 Å². The van der Waals surface area contributed by atoms with Crippen LogP contribution >= 0.6 is 11.6 Å². The topological polar surface area (TPSA) is 56.1 Å². The zero-order valence-electron chi connectivity index (χ0n) is 11.9. The zero-order chi connectivity index (χ0) is 14.5. The molecule has 7 heteroatoms. The minimum absolute atomic E-state index is 0.366. The van der Waals surface area contributed by atoms with Gasteiger partial charge in [-0.3, -0.25) is 4.68 Å². The molecule has 6 nitrogen and oxygen atoms in total. The number of ether oxygens (including phenoxy) is 1. The van der Waals surface area contributed by atoms with E-state index in [2.05, 4.69) is 15.1 Å². The monoisotopic (exact) mass is 295 g/mol. The van der Waals surface area contributed by atoms with Crippen molar-refractivity contribution >= 4 is 17.4 Å². The molecule has 0 aliphatic rings. The largest absolute Gasteiger partial charge is 0.374 e. The molecule has 0 radical (unpaired) electrons. The Balaban J connectivity index is 2.12. The molecule has 2 heterocycles. The number of anilines is 1. The molecule has 0 aromatic carbocycles. The Kier molecular flexibility index (Phi) is 4.92. The first-order valence-electron chi connectivity index (χ1n) is 6.38. The molecule has 0 bridgehead atoms. The summed E-state index contributed by atoms with van der Waals surface area (Å²) >= 11 is 6.03. The van der Waals surface area contributed by atoms with E-state index in [4.69, 9.17) is 16.3 Å². The van der Waals surface area contributed by atoms with Crippen LogP contribution < -0.4 is 4.90 Å². The summed E-state index contributed by atoms with van der Waals surface area (Å²) in [7, 11) is 3.85. The van der Waals surface area contributed by atoms with Crippen LogP contribution in [0.25, 0.3) is 0 Å². The van der Waals surface area contributed by atoms with Gasteiger partial charge in [-0.15, -0.1) is 0 Å². The van der Waals surface area contributed by atoms with Crippen molar-refractivity contribution in [2.24, 2.45) is 7.05 Å². The maximum absolute atomic E-state index is 6.03. The minimum atomic E-state index is 0.366. The predicted octanol–water partition coefficient (Wildman–Crippen LogP) is 2.04. The van der Waals surface area contributed by atoms with Gasteiger partial charge in [0.2, 0.25) is 0 Å². The molecule has 20 heavy (non-hydrogen) atoms. The summed E-state index contributed by atoms with van der Waals surface area (Å²) in [5.74, 6) is 1.36. The quantitative estimate of drug-likeness (QED) is 0.763. The third-order valence-electron chi connectivity index (χ3n) is 2.73. The molecule has 0 unspecified atom stereocenters. The Morgan fingerprint density at radius 1 is 1.40 bits per heavy atom. The van der Waals surface area contributed by atoms with Crippen LogP contribution in [0.15, 0.2) is 18.5 Å². The Bertz CT molecular complexity index is 572. The van der Waals surface area contributed by atoms with Gasteiger partial charge in [0.1, 0.15) is 17.6 Å². The predicted molar refractivity (Wildman–Crippen MR) is 77.7 cm³/mol. The molecule has 2 rings (SSSR count). The molecule has 0 saturated heterocycles. The Morgan fingerprint density at radius 3 is 2.85 bits per heavy atom. The molecule has 0 amide bonds. The van der Waals surface area contributed by atoms with E-state index in [1.54, 1.807) is 10.7 Å². The second kappa shape index (κ2) is 6.67. The van der Waals surface area contributed by atoms with Crippen LogP contribution in [-0.4, -0.2) is 33.4 Å². The lowest BCUT2D eigenvalue weighted by atomic mass is 10.3. The molecule has 0 fully saturated rings. The normalized spacial score (nSPS) is 10.8. The average Bonchev–Trinajstić information content (AvgIpc) is 2.81. The van der Waals surface area contributed by atoms with Crippen LogP contribution in [0.3, 0.4) is 0 Å². The van der Waals surface area contributed by atoms with Crippen LogP contribution in [0.2, 0.25) is 5.15 Å². The maximum atomic E-state index is 6.03. The Morgan fingerprint density at radius 2 is 2.20 bits per heavy atom. The van der Waals surface area contributed by atoms with Gasteiger partial charge in [0.05, 0.1) is 6.20 Å². The van der Waals surface area contributed by atoms with E-state index >= 15 is 0 Å². The van der Waals surface area contributed by atoms with E-state index in [0.29, 0.717) is 30.7 Å². The molecule has 108 valence electrons. The number of halogens is 1. The van der Waals surface area contributed by atoms with Gasteiger partial charge in [0.15, 0.2) is 5.82 Å². The van der Waals surface area contributed by atoms with Crippen molar-refractivity contribution in [3.8, 4) is 0 Å². The highest BCUT2D eigenvalue weighted by Crippen LogP contribution is 2.17. The minimum Gasteiger partial charge on any atom is -0.374 e. The molecule has 0 N–H and O–H groups in total. The van der Waals surface area contributed by atoms with Crippen molar-refractivity contribution in [2.45, 2.75) is 20.1 Å². The van der Waals surface area contributed by atoms with E-state index in [9.17, 15) is 0 Å². The number of rotatable bonds is 6. The lowest BCUT2D eigenvalue weighted by Crippen LogP contribution is -2.18. The van der Waals surface area contributed by atoms with E-state index in [1.807, 2.05) is 38.3 Å². The van der Waals surface area contributed by atoms with Crippen molar-refractivity contribution in [3.05, 3.63) is 35.0 Å². The summed E-state index contributed by atoms with van der Waals surface area (Å²) < 4.78 is 7.09. The fraction of sp³-hybridized carbons (Fsp3) is 0.462. The zero-order valence-corrected chi connectivity index (χ0v) is 12.6. The van der Waals surface area contributed by atoms with E-state index in [0.717, 1.165) is 11.4 Å². The Hall–Kier alpha value is -1.66. The highest BCUT2D eigenvalue weighted by Gasteiger charge is 2.09. The maximum Gasteiger partial charge on any atom is 0.158 e. The third-order valence-corrected chi connectivity index (χ3v) is 2.93. The van der Waals surface area contributed by atoms with Gasteiger partial charge in [-0.2, -0.15) is 5.10 Å². The first kappa shape index (κ1) is 14.7. The van der Waals surface area contributed by atoms with Gasteiger partial charge in [0, 0.05) is 45.1 Å². The molecule has 0 aliphatic heterocycles. The number of aryl methyl sites for hydroxylation is 1. The van der Waals surface area contributed by atoms with Crippen LogP contribution in [0.4, 0.5) is 5.82 Å². The fourth-order valence-corrected chi connectivity index (χ4v) is 2.01. The molecular weight excluding hydrogens is 278 g/mol. The highest BCUT2D eigenvalue weighted by molar-refractivity contribution is 6.29. The second-order valence-corrected chi connectivity index (χ2v) is 4.87. The first-order chi connectivity index (χ1) is 9.58. The molecule has 2 aromatic heterocycles. The van der Waals surface area contributed by atoms with Crippen LogP contribution in [-0.2, 0) is 24.9 Å². The Labute approximate surface area is 123 Å².